The SMILES string of the molecule is C=C(C)C(=O)OCCCc1ccc(N(c2ccc(OC)cc2)c2ccccc2CCCOC(=O)C(=C)C)cc1. The Balaban J connectivity index is 1.81. The number of carbonyl (C=O) groups excluding carboxylic acids is 2. The second kappa shape index (κ2) is 14.6. The van der Waals surface area contributed by atoms with Crippen LogP contribution in [0.15, 0.2) is 97.1 Å². The number of rotatable bonds is 14. The number of nitrogens with zero attached hydrogens (tertiary/aromatic N) is 1. The van der Waals surface area contributed by atoms with Crippen molar-refractivity contribution >= 4 is 29.0 Å². The van der Waals surface area contributed by atoms with Gasteiger partial charge in [0.15, 0.2) is 0 Å². The molecular weight excluding hydrogens is 490 g/mol. The molecule has 0 heterocycles. The van der Waals surface area contributed by atoms with E-state index in [1.165, 1.54) is 0 Å². The number of aryl methyl sites for hydroxylation is 2. The van der Waals surface area contributed by atoms with E-state index in [9.17, 15) is 9.59 Å². The Morgan fingerprint density at radius 1 is 0.718 bits per heavy atom. The van der Waals surface area contributed by atoms with Crippen molar-refractivity contribution in [3.63, 3.8) is 0 Å². The van der Waals surface area contributed by atoms with Crippen LogP contribution in [0.3, 0.4) is 0 Å². The number of esters is 2. The zero-order chi connectivity index (χ0) is 28.2. The van der Waals surface area contributed by atoms with E-state index in [1.807, 2.05) is 36.4 Å². The van der Waals surface area contributed by atoms with Gasteiger partial charge in [0, 0.05) is 28.2 Å². The van der Waals surface area contributed by atoms with E-state index < -0.39 is 0 Å². The zero-order valence-electron chi connectivity index (χ0n) is 23.1. The van der Waals surface area contributed by atoms with Crippen molar-refractivity contribution in [2.45, 2.75) is 39.5 Å². The minimum atomic E-state index is -0.364. The number of benzene rings is 3. The van der Waals surface area contributed by atoms with Crippen LogP contribution in [0.25, 0.3) is 0 Å². The molecule has 0 aromatic heterocycles. The number of carbonyl (C=O) groups is 2. The van der Waals surface area contributed by atoms with Crippen LogP contribution in [0.5, 0.6) is 5.75 Å². The maximum absolute atomic E-state index is 11.8. The van der Waals surface area contributed by atoms with Crippen molar-refractivity contribution in [1.82, 2.24) is 0 Å². The lowest BCUT2D eigenvalue weighted by Gasteiger charge is -2.28. The standard InChI is InChI=1S/C33H37NO5/c1-24(2)32(35)38-22-8-10-26-14-16-28(17-15-26)34(29-18-20-30(37-5)21-19-29)31-13-7-6-11-27(31)12-9-23-39-33(36)25(3)4/h6-7,11,13-21H,1,3,8-10,12,22-23H2,2,4-5H3. The molecule has 0 saturated heterocycles. The normalized spacial score (nSPS) is 10.4. The molecule has 0 atom stereocenters. The number of hydrogen-bond donors (Lipinski definition) is 0. The van der Waals surface area contributed by atoms with E-state index in [0.29, 0.717) is 30.8 Å². The summed E-state index contributed by atoms with van der Waals surface area (Å²) < 4.78 is 15.9. The van der Waals surface area contributed by atoms with Crippen LogP contribution in [-0.2, 0) is 31.9 Å². The first kappa shape index (κ1) is 29.2. The van der Waals surface area contributed by atoms with Gasteiger partial charge in [-0.15, -0.1) is 0 Å². The lowest BCUT2D eigenvalue weighted by molar-refractivity contribution is -0.139. The van der Waals surface area contributed by atoms with Crippen LogP contribution in [-0.4, -0.2) is 32.3 Å². The molecular formula is C33H37NO5. The van der Waals surface area contributed by atoms with E-state index >= 15 is 0 Å². The Kier molecular flexibility index (Phi) is 10.9. The van der Waals surface area contributed by atoms with Gasteiger partial charge in [-0.25, -0.2) is 9.59 Å². The smallest absolute Gasteiger partial charge is 0.333 e. The number of methoxy groups -OCH3 is 1. The molecule has 0 aliphatic carbocycles. The highest BCUT2D eigenvalue weighted by atomic mass is 16.5. The highest BCUT2D eigenvalue weighted by Gasteiger charge is 2.16. The molecule has 0 amide bonds. The third kappa shape index (κ3) is 8.60. The molecule has 0 fully saturated rings. The first-order valence-electron chi connectivity index (χ1n) is 13.1. The molecule has 6 nitrogen and oxygen atoms in total. The first-order chi connectivity index (χ1) is 18.8. The van der Waals surface area contributed by atoms with Crippen molar-refractivity contribution in [2.24, 2.45) is 0 Å². The lowest BCUT2D eigenvalue weighted by atomic mass is 10.0. The van der Waals surface area contributed by atoms with Crippen LogP contribution >= 0.6 is 0 Å². The summed E-state index contributed by atoms with van der Waals surface area (Å²) in [7, 11) is 1.65. The van der Waals surface area contributed by atoms with Gasteiger partial charge in [0.05, 0.1) is 20.3 Å². The van der Waals surface area contributed by atoms with Crippen LogP contribution in [0.1, 0.15) is 37.8 Å². The number of hydrogen-bond acceptors (Lipinski definition) is 6. The topological polar surface area (TPSA) is 65.1 Å². The molecule has 204 valence electrons. The van der Waals surface area contributed by atoms with Crippen molar-refractivity contribution in [3.8, 4) is 5.75 Å². The molecule has 0 bridgehead atoms. The average molecular weight is 528 g/mol. The van der Waals surface area contributed by atoms with Gasteiger partial charge in [-0.05, 0) is 93.1 Å². The van der Waals surface area contributed by atoms with Crippen LogP contribution < -0.4 is 9.64 Å². The minimum Gasteiger partial charge on any atom is -0.497 e. The molecule has 0 N–H and O–H groups in total. The number of anilines is 3. The highest BCUT2D eigenvalue weighted by molar-refractivity contribution is 5.87. The number of ether oxygens (including phenoxy) is 3. The largest absolute Gasteiger partial charge is 0.497 e. The predicted octanol–water partition coefficient (Wildman–Crippen LogP) is 7.27. The monoisotopic (exact) mass is 527 g/mol. The molecule has 6 heteroatoms. The van der Waals surface area contributed by atoms with E-state index in [1.54, 1.807) is 21.0 Å². The Morgan fingerprint density at radius 3 is 1.77 bits per heavy atom. The van der Waals surface area contributed by atoms with Crippen molar-refractivity contribution in [3.05, 3.63) is 108 Å². The van der Waals surface area contributed by atoms with Gasteiger partial charge in [-0.1, -0.05) is 43.5 Å². The highest BCUT2D eigenvalue weighted by Crippen LogP contribution is 2.37. The van der Waals surface area contributed by atoms with Crippen LogP contribution in [0.2, 0.25) is 0 Å². The van der Waals surface area contributed by atoms with Gasteiger partial charge < -0.3 is 19.1 Å². The Morgan fingerprint density at radius 2 is 1.23 bits per heavy atom. The first-order valence-corrected chi connectivity index (χ1v) is 13.1. The molecule has 3 aromatic rings. The van der Waals surface area contributed by atoms with E-state index in [0.717, 1.165) is 53.2 Å². The molecule has 0 radical (unpaired) electrons. The molecule has 0 unspecified atom stereocenters. The maximum Gasteiger partial charge on any atom is 0.333 e. The summed E-state index contributed by atoms with van der Waals surface area (Å²) in [6, 6.07) is 24.6. The summed E-state index contributed by atoms with van der Waals surface area (Å²) in [6.07, 6.45) is 2.97. The fourth-order valence-corrected chi connectivity index (χ4v) is 4.03. The summed E-state index contributed by atoms with van der Waals surface area (Å²) in [5, 5.41) is 0. The predicted molar refractivity (Wildman–Crippen MR) is 156 cm³/mol. The lowest BCUT2D eigenvalue weighted by Crippen LogP contribution is -2.13. The average Bonchev–Trinajstić information content (AvgIpc) is 2.95. The Bertz CT molecular complexity index is 1280. The summed E-state index contributed by atoms with van der Waals surface area (Å²) in [5.74, 6) is 0.0688. The molecule has 0 aliphatic heterocycles. The molecule has 3 aromatic carbocycles. The summed E-state index contributed by atoms with van der Waals surface area (Å²) >= 11 is 0. The van der Waals surface area contributed by atoms with E-state index in [2.05, 4.69) is 54.5 Å². The molecule has 0 aliphatic rings. The molecule has 0 spiro atoms. The van der Waals surface area contributed by atoms with Crippen molar-refractivity contribution in [2.75, 3.05) is 25.2 Å². The number of para-hydroxylation sites is 1. The van der Waals surface area contributed by atoms with Crippen molar-refractivity contribution < 1.29 is 23.8 Å². The molecule has 0 saturated carbocycles. The van der Waals surface area contributed by atoms with Gasteiger partial charge in [0.25, 0.3) is 0 Å². The molecule has 3 rings (SSSR count). The molecule has 39 heavy (non-hydrogen) atoms. The zero-order valence-corrected chi connectivity index (χ0v) is 23.1. The maximum atomic E-state index is 11.8. The fourth-order valence-electron chi connectivity index (χ4n) is 4.03. The Hall–Kier alpha value is -4.32. The third-order valence-corrected chi connectivity index (χ3v) is 6.12. The quantitative estimate of drug-likeness (QED) is 0.125. The van der Waals surface area contributed by atoms with Crippen LogP contribution in [0.4, 0.5) is 17.1 Å². The van der Waals surface area contributed by atoms with Gasteiger partial charge >= 0.3 is 11.9 Å². The summed E-state index contributed by atoms with van der Waals surface area (Å²) in [4.78, 5) is 25.6. The van der Waals surface area contributed by atoms with E-state index in [4.69, 9.17) is 14.2 Å². The van der Waals surface area contributed by atoms with Gasteiger partial charge in [-0.2, -0.15) is 0 Å². The van der Waals surface area contributed by atoms with Crippen LogP contribution in [0, 0.1) is 0 Å². The summed E-state index contributed by atoms with van der Waals surface area (Å²) in [5.41, 5.74) is 6.17. The van der Waals surface area contributed by atoms with Gasteiger partial charge in [0.2, 0.25) is 0 Å². The van der Waals surface area contributed by atoms with Gasteiger partial charge in [-0.3, -0.25) is 0 Å². The second-order valence-corrected chi connectivity index (χ2v) is 9.37. The van der Waals surface area contributed by atoms with Gasteiger partial charge in [0.1, 0.15) is 5.75 Å². The summed E-state index contributed by atoms with van der Waals surface area (Å²) in [6.45, 7) is 11.2. The van der Waals surface area contributed by atoms with E-state index in [-0.39, 0.29) is 11.9 Å². The third-order valence-electron chi connectivity index (χ3n) is 6.12. The Labute approximate surface area is 231 Å². The second-order valence-electron chi connectivity index (χ2n) is 9.37. The fraction of sp³-hybridized carbons (Fsp3) is 0.273. The van der Waals surface area contributed by atoms with Crippen molar-refractivity contribution in [1.29, 1.82) is 0 Å². The minimum absolute atomic E-state index is 0.332.